The second-order valence-corrected chi connectivity index (χ2v) is 6.57. The van der Waals surface area contributed by atoms with E-state index in [-0.39, 0.29) is 30.3 Å². The number of carbonyl (C=O) groups is 1. The van der Waals surface area contributed by atoms with Gasteiger partial charge in [-0.15, -0.1) is 0 Å². The van der Waals surface area contributed by atoms with Crippen LogP contribution in [0.25, 0.3) is 0 Å². The highest BCUT2D eigenvalue weighted by molar-refractivity contribution is 7.07. The van der Waals surface area contributed by atoms with Gasteiger partial charge >= 0.3 is 0 Å². The number of aliphatic hydroxyl groups is 1. The Morgan fingerprint density at radius 1 is 1.40 bits per heavy atom. The van der Waals surface area contributed by atoms with Crippen molar-refractivity contribution in [1.29, 1.82) is 0 Å². The maximum atomic E-state index is 12.6. The van der Waals surface area contributed by atoms with Crippen molar-refractivity contribution in [1.82, 2.24) is 10.2 Å². The fourth-order valence-electron chi connectivity index (χ4n) is 3.36. The highest BCUT2D eigenvalue weighted by Crippen LogP contribution is 2.34. The first kappa shape index (κ1) is 14.0. The minimum Gasteiger partial charge on any atom is -0.393 e. The summed E-state index contributed by atoms with van der Waals surface area (Å²) < 4.78 is 0. The average molecular weight is 294 g/mol. The molecule has 0 bridgehead atoms. The summed E-state index contributed by atoms with van der Waals surface area (Å²) in [5.74, 6) is 0.227. The zero-order valence-electron chi connectivity index (χ0n) is 11.8. The van der Waals surface area contributed by atoms with Crippen molar-refractivity contribution in [2.75, 3.05) is 0 Å². The van der Waals surface area contributed by atoms with Gasteiger partial charge in [-0.05, 0) is 54.5 Å². The molecule has 2 fully saturated rings. The molecule has 2 atom stereocenters. The highest BCUT2D eigenvalue weighted by atomic mass is 32.1. The first-order valence-electron chi connectivity index (χ1n) is 7.49. The van der Waals surface area contributed by atoms with Gasteiger partial charge < -0.3 is 10.0 Å². The van der Waals surface area contributed by atoms with E-state index in [0.717, 1.165) is 32.1 Å². The Labute approximate surface area is 123 Å². The summed E-state index contributed by atoms with van der Waals surface area (Å²) in [5, 5.41) is 17.3. The van der Waals surface area contributed by atoms with Crippen molar-refractivity contribution >= 4 is 17.2 Å². The summed E-state index contributed by atoms with van der Waals surface area (Å²) in [6.07, 6.45) is 4.09. The molecule has 20 heavy (non-hydrogen) atoms. The molecule has 2 heterocycles. The zero-order chi connectivity index (χ0) is 14.1. The monoisotopic (exact) mass is 294 g/mol. The van der Waals surface area contributed by atoms with Gasteiger partial charge in [0.25, 0.3) is 0 Å². The molecule has 2 unspecified atom stereocenters. The maximum absolute atomic E-state index is 12.6. The molecule has 3 rings (SSSR count). The zero-order valence-corrected chi connectivity index (χ0v) is 12.6. The summed E-state index contributed by atoms with van der Waals surface area (Å²) in [5.41, 5.74) is 1.19. The number of carbonyl (C=O) groups excluding carboxylic acids is 1. The Kier molecular flexibility index (Phi) is 4.10. The van der Waals surface area contributed by atoms with Gasteiger partial charge in [0.2, 0.25) is 5.91 Å². The van der Waals surface area contributed by atoms with Crippen molar-refractivity contribution < 1.29 is 9.90 Å². The third-order valence-corrected chi connectivity index (χ3v) is 5.22. The van der Waals surface area contributed by atoms with E-state index in [1.807, 2.05) is 11.8 Å². The smallest absolute Gasteiger partial charge is 0.241 e. The minimum absolute atomic E-state index is 0.0129. The summed E-state index contributed by atoms with van der Waals surface area (Å²) in [6, 6.07) is 2.30. The van der Waals surface area contributed by atoms with E-state index in [9.17, 15) is 9.90 Å². The molecule has 1 aliphatic carbocycles. The Bertz CT molecular complexity index is 454. The first-order chi connectivity index (χ1) is 9.70. The van der Waals surface area contributed by atoms with Crippen molar-refractivity contribution in [2.45, 2.75) is 63.4 Å². The van der Waals surface area contributed by atoms with E-state index in [1.54, 1.807) is 11.3 Å². The van der Waals surface area contributed by atoms with Crippen molar-refractivity contribution in [3.05, 3.63) is 22.4 Å². The first-order valence-corrected chi connectivity index (χ1v) is 8.43. The van der Waals surface area contributed by atoms with Gasteiger partial charge in [0.05, 0.1) is 12.1 Å². The Hall–Kier alpha value is -0.910. The Balaban J connectivity index is 1.82. The summed E-state index contributed by atoms with van der Waals surface area (Å²) in [4.78, 5) is 14.7. The Morgan fingerprint density at radius 2 is 2.15 bits per heavy atom. The van der Waals surface area contributed by atoms with Crippen molar-refractivity contribution in [3.63, 3.8) is 0 Å². The lowest BCUT2D eigenvalue weighted by atomic mass is 9.91. The molecule has 1 aliphatic heterocycles. The third-order valence-electron chi connectivity index (χ3n) is 4.52. The lowest BCUT2D eigenvalue weighted by Crippen LogP contribution is -2.42. The molecule has 2 N–H and O–H groups in total. The number of aliphatic hydroxyl groups excluding tert-OH is 1. The molecule has 1 amide bonds. The van der Waals surface area contributed by atoms with Gasteiger partial charge in [0.1, 0.15) is 6.17 Å². The molecule has 110 valence electrons. The van der Waals surface area contributed by atoms with Gasteiger partial charge in [-0.2, -0.15) is 11.3 Å². The summed E-state index contributed by atoms with van der Waals surface area (Å²) in [6.45, 7) is 2.05. The predicted octanol–water partition coefficient (Wildman–Crippen LogP) is 2.26. The largest absolute Gasteiger partial charge is 0.393 e. The molecule has 5 heteroatoms. The number of nitrogens with one attached hydrogen (secondary N) is 1. The molecule has 2 aliphatic rings. The standard InChI is InChI=1S/C15H22N2O2S/c1-2-13-15(19)17(11-3-5-12(18)6-4-11)14(16-13)10-7-8-20-9-10/h7-9,11-14,16,18H,2-6H2,1H3. The van der Waals surface area contributed by atoms with Gasteiger partial charge in [-0.1, -0.05) is 6.92 Å². The van der Waals surface area contributed by atoms with Crippen LogP contribution in [0.2, 0.25) is 0 Å². The van der Waals surface area contributed by atoms with Crippen LogP contribution < -0.4 is 5.32 Å². The highest BCUT2D eigenvalue weighted by Gasteiger charge is 2.43. The van der Waals surface area contributed by atoms with Gasteiger partial charge in [-0.25, -0.2) is 0 Å². The normalized spacial score (nSPS) is 34.7. The summed E-state index contributed by atoms with van der Waals surface area (Å²) in [7, 11) is 0. The van der Waals surface area contributed by atoms with E-state index in [0.29, 0.717) is 0 Å². The number of amides is 1. The van der Waals surface area contributed by atoms with E-state index in [2.05, 4.69) is 22.1 Å². The second-order valence-electron chi connectivity index (χ2n) is 5.79. The van der Waals surface area contributed by atoms with Crippen LogP contribution in [0.4, 0.5) is 0 Å². The number of rotatable bonds is 3. The van der Waals surface area contributed by atoms with Crippen LogP contribution in [0.1, 0.15) is 50.8 Å². The average Bonchev–Trinajstić information content (AvgIpc) is 3.07. The van der Waals surface area contributed by atoms with E-state index in [1.165, 1.54) is 5.56 Å². The van der Waals surface area contributed by atoms with Crippen LogP contribution in [0, 0.1) is 0 Å². The lowest BCUT2D eigenvalue weighted by Gasteiger charge is -2.36. The lowest BCUT2D eigenvalue weighted by molar-refractivity contribution is -0.133. The van der Waals surface area contributed by atoms with Crippen LogP contribution >= 0.6 is 11.3 Å². The molecule has 0 aromatic carbocycles. The van der Waals surface area contributed by atoms with Crippen LogP contribution in [-0.2, 0) is 4.79 Å². The fourth-order valence-corrected chi connectivity index (χ4v) is 4.04. The van der Waals surface area contributed by atoms with E-state index in [4.69, 9.17) is 0 Å². The topological polar surface area (TPSA) is 52.6 Å². The third kappa shape index (κ3) is 2.50. The van der Waals surface area contributed by atoms with Crippen molar-refractivity contribution in [3.8, 4) is 0 Å². The SMILES string of the molecule is CCC1NC(c2ccsc2)N(C2CCC(O)CC2)C1=O. The molecule has 0 spiro atoms. The van der Waals surface area contributed by atoms with E-state index < -0.39 is 0 Å². The Morgan fingerprint density at radius 3 is 2.75 bits per heavy atom. The molecule has 1 saturated carbocycles. The molecule has 4 nitrogen and oxygen atoms in total. The number of thiophene rings is 1. The van der Waals surface area contributed by atoms with E-state index >= 15 is 0 Å². The van der Waals surface area contributed by atoms with Crippen LogP contribution in [0.3, 0.4) is 0 Å². The minimum atomic E-state index is -0.182. The van der Waals surface area contributed by atoms with Crippen LogP contribution in [0.15, 0.2) is 16.8 Å². The maximum Gasteiger partial charge on any atom is 0.241 e. The quantitative estimate of drug-likeness (QED) is 0.899. The molecule has 0 radical (unpaired) electrons. The molecular formula is C15H22N2O2S. The fraction of sp³-hybridized carbons (Fsp3) is 0.667. The molecule has 1 aromatic heterocycles. The van der Waals surface area contributed by atoms with Crippen molar-refractivity contribution in [2.24, 2.45) is 0 Å². The predicted molar refractivity (Wildman–Crippen MR) is 79.4 cm³/mol. The summed E-state index contributed by atoms with van der Waals surface area (Å²) >= 11 is 1.67. The molecular weight excluding hydrogens is 272 g/mol. The molecule has 1 saturated heterocycles. The second kappa shape index (κ2) is 5.84. The van der Waals surface area contributed by atoms with Crippen LogP contribution in [0.5, 0.6) is 0 Å². The number of hydrogen-bond acceptors (Lipinski definition) is 4. The van der Waals surface area contributed by atoms with Crippen LogP contribution in [-0.4, -0.2) is 34.1 Å². The molecule has 1 aromatic rings. The number of nitrogens with zero attached hydrogens (tertiary/aromatic N) is 1. The van der Waals surface area contributed by atoms with Gasteiger partial charge in [0.15, 0.2) is 0 Å². The van der Waals surface area contributed by atoms with Gasteiger partial charge in [-0.3, -0.25) is 10.1 Å². The van der Waals surface area contributed by atoms with Gasteiger partial charge in [0, 0.05) is 6.04 Å². The number of hydrogen-bond donors (Lipinski definition) is 2.